The minimum Gasteiger partial charge on any atom is -0.325 e. The molecule has 0 aliphatic carbocycles. The van der Waals surface area contributed by atoms with Crippen molar-refractivity contribution in [2.75, 3.05) is 11.1 Å². The molecule has 5 rings (SSSR count). The number of carbonyl (C=O) groups excluding carboxylic acids is 1. The van der Waals surface area contributed by atoms with Gasteiger partial charge >= 0.3 is 0 Å². The summed E-state index contributed by atoms with van der Waals surface area (Å²) < 4.78 is 3.49. The zero-order chi connectivity index (χ0) is 24.4. The number of fused-ring (bicyclic) bond motifs is 3. The summed E-state index contributed by atoms with van der Waals surface area (Å²) in [7, 11) is 0. The summed E-state index contributed by atoms with van der Waals surface area (Å²) in [6.45, 7) is 4.65. The summed E-state index contributed by atoms with van der Waals surface area (Å²) in [6.07, 6.45) is 0. The van der Waals surface area contributed by atoms with Crippen molar-refractivity contribution in [2.45, 2.75) is 31.5 Å². The smallest absolute Gasteiger partial charge is 0.263 e. The maximum absolute atomic E-state index is 13.3. The maximum Gasteiger partial charge on any atom is 0.263 e. The molecule has 3 aromatic carbocycles. The van der Waals surface area contributed by atoms with Gasteiger partial charge in [-0.25, -0.2) is 0 Å². The highest BCUT2D eigenvalue weighted by molar-refractivity contribution is 7.99. The Hall–Kier alpha value is -3.91. The topological polar surface area (TPSA) is 81.3 Å². The van der Waals surface area contributed by atoms with Crippen molar-refractivity contribution in [3.8, 4) is 0 Å². The average molecular weight is 484 g/mol. The highest BCUT2D eigenvalue weighted by atomic mass is 32.2. The molecule has 0 spiro atoms. The summed E-state index contributed by atoms with van der Waals surface area (Å²) in [4.78, 5) is 25.9. The molecule has 1 amide bonds. The van der Waals surface area contributed by atoms with Gasteiger partial charge in [0.15, 0.2) is 5.16 Å². The van der Waals surface area contributed by atoms with Crippen LogP contribution in [0.15, 0.2) is 88.8 Å². The number of aromatic nitrogens is 4. The molecule has 2 aromatic heterocycles. The van der Waals surface area contributed by atoms with Crippen molar-refractivity contribution in [1.29, 1.82) is 0 Å². The molecule has 5 aromatic rings. The van der Waals surface area contributed by atoms with E-state index in [2.05, 4.69) is 29.4 Å². The first-order valence-electron chi connectivity index (χ1n) is 11.4. The second kappa shape index (κ2) is 9.76. The van der Waals surface area contributed by atoms with Crippen LogP contribution in [0.3, 0.4) is 0 Å². The lowest BCUT2D eigenvalue weighted by atomic mass is 10.0. The molecule has 0 bridgehead atoms. The molecule has 0 saturated carbocycles. The Morgan fingerprint density at radius 3 is 2.40 bits per heavy atom. The van der Waals surface area contributed by atoms with Gasteiger partial charge in [-0.2, -0.15) is 0 Å². The number of rotatable bonds is 7. The third kappa shape index (κ3) is 4.70. The van der Waals surface area contributed by atoms with Gasteiger partial charge in [-0.15, -0.1) is 10.2 Å². The lowest BCUT2D eigenvalue weighted by Crippen LogP contribution is -2.24. The molecule has 0 fully saturated rings. The van der Waals surface area contributed by atoms with Crippen molar-refractivity contribution in [3.05, 3.63) is 100 Å². The predicted octanol–water partition coefficient (Wildman–Crippen LogP) is 4.95. The molecule has 1 N–H and O–H groups in total. The van der Waals surface area contributed by atoms with Crippen LogP contribution in [0, 0.1) is 0 Å². The zero-order valence-electron chi connectivity index (χ0n) is 19.5. The van der Waals surface area contributed by atoms with Gasteiger partial charge in [0.05, 0.1) is 23.2 Å². The molecule has 0 aliphatic heterocycles. The van der Waals surface area contributed by atoms with E-state index in [-0.39, 0.29) is 17.2 Å². The van der Waals surface area contributed by atoms with Gasteiger partial charge in [0, 0.05) is 5.69 Å². The van der Waals surface area contributed by atoms with Crippen LogP contribution >= 0.6 is 11.8 Å². The molecule has 0 atom stereocenters. The highest BCUT2D eigenvalue weighted by Gasteiger charge is 2.18. The van der Waals surface area contributed by atoms with Gasteiger partial charge in [0.25, 0.3) is 5.56 Å². The van der Waals surface area contributed by atoms with Crippen LogP contribution in [0.1, 0.15) is 30.9 Å². The molecule has 176 valence electrons. The summed E-state index contributed by atoms with van der Waals surface area (Å²) >= 11 is 1.29. The second-order valence-corrected chi connectivity index (χ2v) is 9.57. The fourth-order valence-corrected chi connectivity index (χ4v) is 4.75. The number of amides is 1. The molecule has 0 unspecified atom stereocenters. The zero-order valence-corrected chi connectivity index (χ0v) is 20.3. The fourth-order valence-electron chi connectivity index (χ4n) is 4.01. The lowest BCUT2D eigenvalue weighted by molar-refractivity contribution is -0.113. The van der Waals surface area contributed by atoms with Crippen LogP contribution in [0.25, 0.3) is 16.7 Å². The second-order valence-electron chi connectivity index (χ2n) is 8.63. The first-order chi connectivity index (χ1) is 17.0. The Balaban J connectivity index is 1.44. The third-order valence-electron chi connectivity index (χ3n) is 5.86. The SMILES string of the molecule is CC(C)c1ccc(NC(=O)CSc2nnc3n(Cc4ccccc4)c(=O)c4ccccc4n23)cc1. The quantitative estimate of drug-likeness (QED) is 0.332. The van der Waals surface area contributed by atoms with Gasteiger partial charge in [-0.05, 0) is 41.3 Å². The third-order valence-corrected chi connectivity index (χ3v) is 6.78. The molecular formula is C27H25N5O2S. The highest BCUT2D eigenvalue weighted by Crippen LogP contribution is 2.23. The molecule has 0 saturated heterocycles. The van der Waals surface area contributed by atoms with Gasteiger partial charge in [-0.3, -0.25) is 18.6 Å². The summed E-state index contributed by atoms with van der Waals surface area (Å²) in [5, 5.41) is 12.7. The number of nitrogens with one attached hydrogen (secondary N) is 1. The van der Waals surface area contributed by atoms with Gasteiger partial charge in [-0.1, -0.05) is 80.2 Å². The van der Waals surface area contributed by atoms with E-state index in [1.54, 1.807) is 10.6 Å². The Morgan fingerprint density at radius 1 is 0.943 bits per heavy atom. The van der Waals surface area contributed by atoms with Crippen molar-refractivity contribution in [1.82, 2.24) is 19.2 Å². The van der Waals surface area contributed by atoms with Gasteiger partial charge < -0.3 is 5.32 Å². The molecule has 2 heterocycles. The van der Waals surface area contributed by atoms with Crippen LogP contribution in [0.4, 0.5) is 5.69 Å². The van der Waals surface area contributed by atoms with E-state index in [0.29, 0.717) is 34.3 Å². The molecule has 0 radical (unpaired) electrons. The Labute approximate surface area is 206 Å². The number of hydrogen-bond donors (Lipinski definition) is 1. The van der Waals surface area contributed by atoms with Crippen LogP contribution in [0.2, 0.25) is 0 Å². The Morgan fingerprint density at radius 2 is 1.66 bits per heavy atom. The van der Waals surface area contributed by atoms with Crippen LogP contribution in [0.5, 0.6) is 0 Å². The molecular weight excluding hydrogens is 458 g/mol. The predicted molar refractivity (Wildman–Crippen MR) is 140 cm³/mol. The maximum atomic E-state index is 13.3. The molecule has 35 heavy (non-hydrogen) atoms. The minimum atomic E-state index is -0.133. The first kappa shape index (κ1) is 22.9. The molecule has 0 aliphatic rings. The number of benzene rings is 3. The van der Waals surface area contributed by atoms with E-state index in [1.807, 2.05) is 77.2 Å². The van der Waals surface area contributed by atoms with Crippen molar-refractivity contribution in [2.24, 2.45) is 0 Å². The standard InChI is InChI=1S/C27H25N5O2S/c1-18(2)20-12-14-21(15-13-20)28-24(33)17-35-27-30-29-26-31(16-19-8-4-3-5-9-19)25(34)22-10-6-7-11-23(22)32(26)27/h3-15,18H,16-17H2,1-2H3,(H,28,33). The van der Waals surface area contributed by atoms with E-state index in [9.17, 15) is 9.59 Å². The number of thioether (sulfide) groups is 1. The van der Waals surface area contributed by atoms with E-state index in [1.165, 1.54) is 17.3 Å². The largest absolute Gasteiger partial charge is 0.325 e. The van der Waals surface area contributed by atoms with E-state index in [4.69, 9.17) is 0 Å². The number of nitrogens with zero attached hydrogens (tertiary/aromatic N) is 4. The van der Waals surface area contributed by atoms with Crippen molar-refractivity contribution in [3.63, 3.8) is 0 Å². The summed E-state index contributed by atoms with van der Waals surface area (Å²) in [5.41, 5.74) is 3.57. The summed E-state index contributed by atoms with van der Waals surface area (Å²) in [5.74, 6) is 0.917. The Bertz CT molecular complexity index is 1560. The Kier molecular flexibility index (Phi) is 6.37. The van der Waals surface area contributed by atoms with E-state index >= 15 is 0 Å². The fraction of sp³-hybridized carbons (Fsp3) is 0.185. The van der Waals surface area contributed by atoms with Crippen LogP contribution < -0.4 is 10.9 Å². The molecule has 8 heteroatoms. The number of carbonyl (C=O) groups is 1. The number of anilines is 1. The van der Waals surface area contributed by atoms with Crippen molar-refractivity contribution < 1.29 is 4.79 Å². The van der Waals surface area contributed by atoms with E-state index < -0.39 is 0 Å². The van der Waals surface area contributed by atoms with Gasteiger partial charge in [0.1, 0.15) is 0 Å². The van der Waals surface area contributed by atoms with Crippen LogP contribution in [-0.2, 0) is 11.3 Å². The minimum absolute atomic E-state index is 0.122. The molecule has 7 nitrogen and oxygen atoms in total. The average Bonchev–Trinajstić information content (AvgIpc) is 3.30. The van der Waals surface area contributed by atoms with Crippen LogP contribution in [-0.4, -0.2) is 30.8 Å². The lowest BCUT2D eigenvalue weighted by Gasteiger charge is -2.11. The number of para-hydroxylation sites is 1. The monoisotopic (exact) mass is 483 g/mol. The number of hydrogen-bond acceptors (Lipinski definition) is 5. The first-order valence-corrected chi connectivity index (χ1v) is 12.4. The normalized spacial score (nSPS) is 11.4. The summed E-state index contributed by atoms with van der Waals surface area (Å²) in [6, 6.07) is 25.1. The van der Waals surface area contributed by atoms with Gasteiger partial charge in [0.2, 0.25) is 11.7 Å². The van der Waals surface area contributed by atoms with E-state index in [0.717, 1.165) is 11.3 Å². The van der Waals surface area contributed by atoms with Crippen molar-refractivity contribution >= 4 is 40.0 Å².